The predicted octanol–water partition coefficient (Wildman–Crippen LogP) is 5.42. The Balaban J connectivity index is 1.56. The first-order valence-corrected chi connectivity index (χ1v) is 11.8. The van der Waals surface area contributed by atoms with Gasteiger partial charge >= 0.3 is 5.97 Å². The molecular formula is C26H30N2O4S. The van der Waals surface area contributed by atoms with Crippen LogP contribution in [0.15, 0.2) is 59.6 Å². The van der Waals surface area contributed by atoms with Crippen LogP contribution in [0, 0.1) is 11.8 Å². The molecule has 1 saturated carbocycles. The van der Waals surface area contributed by atoms with E-state index in [1.54, 1.807) is 7.11 Å². The second-order valence-electron chi connectivity index (χ2n) is 8.62. The van der Waals surface area contributed by atoms with E-state index >= 15 is 0 Å². The van der Waals surface area contributed by atoms with E-state index in [0.717, 1.165) is 60.4 Å². The van der Waals surface area contributed by atoms with Gasteiger partial charge in [-0.1, -0.05) is 42.5 Å². The van der Waals surface area contributed by atoms with Gasteiger partial charge in [-0.3, -0.25) is 4.68 Å². The van der Waals surface area contributed by atoms with Crippen molar-refractivity contribution in [3.8, 4) is 28.1 Å². The van der Waals surface area contributed by atoms with Crippen molar-refractivity contribution in [2.75, 3.05) is 20.3 Å². The lowest BCUT2D eigenvalue weighted by molar-refractivity contribution is -0.142. The highest BCUT2D eigenvalue weighted by atomic mass is 32.1. The molecule has 0 bridgehead atoms. The summed E-state index contributed by atoms with van der Waals surface area (Å²) in [5, 5.41) is 14.3. The third-order valence-electron chi connectivity index (χ3n) is 6.32. The summed E-state index contributed by atoms with van der Waals surface area (Å²) < 4.78 is 12.9. The van der Waals surface area contributed by atoms with E-state index < -0.39 is 5.97 Å². The molecule has 1 N–H and O–H groups in total. The molecule has 1 aromatic heterocycles. The monoisotopic (exact) mass is 466 g/mol. The van der Waals surface area contributed by atoms with Crippen molar-refractivity contribution >= 4 is 18.6 Å². The molecule has 174 valence electrons. The number of hydrogen-bond donors (Lipinski definition) is 2. The standard InChI is InChI=1S/C26H30N2O4S/c1-31-22-9-5-8-21(14-22)24-25(20-6-3-2-4-7-20)28(27-26(24)33)15-18-10-12-19(13-11-18)16-32-17-23(29)30/h2-9,14,18-19H,10-13,15-17H2,1H3,(H,27,33)(H,29,30)/t18-,19+. The molecule has 0 radical (unpaired) electrons. The Bertz CT molecular complexity index is 1080. The van der Waals surface area contributed by atoms with Gasteiger partial charge in [-0.2, -0.15) is 5.10 Å². The number of methoxy groups -OCH3 is 1. The number of hydrogen-bond acceptors (Lipinski definition) is 5. The summed E-state index contributed by atoms with van der Waals surface area (Å²) in [4.78, 5) is 10.7. The molecule has 7 heteroatoms. The topological polar surface area (TPSA) is 73.6 Å². The number of carboxylic acids is 1. The average Bonchev–Trinajstić information content (AvgIpc) is 3.16. The minimum absolute atomic E-state index is 0.217. The van der Waals surface area contributed by atoms with Gasteiger partial charge in [0.05, 0.1) is 19.4 Å². The smallest absolute Gasteiger partial charge is 0.329 e. The Morgan fingerprint density at radius 3 is 2.45 bits per heavy atom. The number of aromatic nitrogens is 2. The van der Waals surface area contributed by atoms with Crippen LogP contribution in [0.5, 0.6) is 5.75 Å². The average molecular weight is 467 g/mol. The van der Waals surface area contributed by atoms with Crippen LogP contribution in [0.1, 0.15) is 25.7 Å². The molecule has 1 fully saturated rings. The summed E-state index contributed by atoms with van der Waals surface area (Å²) in [6.45, 7) is 1.13. The second kappa shape index (κ2) is 10.9. The van der Waals surface area contributed by atoms with E-state index in [2.05, 4.69) is 22.9 Å². The van der Waals surface area contributed by atoms with Gasteiger partial charge in [-0.25, -0.2) is 4.79 Å². The molecule has 3 aromatic rings. The summed E-state index contributed by atoms with van der Waals surface area (Å²) in [7, 11) is 1.67. The fourth-order valence-electron chi connectivity index (χ4n) is 4.65. The first kappa shape index (κ1) is 23.4. The lowest BCUT2D eigenvalue weighted by atomic mass is 9.82. The number of ether oxygens (including phenoxy) is 2. The molecule has 1 aliphatic rings. The fraction of sp³-hybridized carbons (Fsp3) is 0.385. The van der Waals surface area contributed by atoms with Crippen LogP contribution in [-0.4, -0.2) is 41.2 Å². The Morgan fingerprint density at radius 2 is 1.76 bits per heavy atom. The summed E-state index contributed by atoms with van der Waals surface area (Å²) in [5.74, 6) is 0.828. The Hall–Kier alpha value is -2.77. The van der Waals surface area contributed by atoms with E-state index in [1.807, 2.05) is 36.4 Å². The van der Waals surface area contributed by atoms with Crippen molar-refractivity contribution in [2.24, 2.45) is 11.8 Å². The molecule has 0 aliphatic heterocycles. The predicted molar refractivity (Wildman–Crippen MR) is 131 cm³/mol. The highest BCUT2D eigenvalue weighted by Crippen LogP contribution is 2.39. The van der Waals surface area contributed by atoms with Gasteiger partial charge in [0.1, 0.15) is 17.4 Å². The molecule has 0 saturated heterocycles. The fourth-order valence-corrected chi connectivity index (χ4v) is 5.00. The highest BCUT2D eigenvalue weighted by Gasteiger charge is 2.25. The molecule has 33 heavy (non-hydrogen) atoms. The Kier molecular flexibility index (Phi) is 7.73. The largest absolute Gasteiger partial charge is 0.497 e. The first-order chi connectivity index (χ1) is 16.0. The normalized spacial score (nSPS) is 18.2. The lowest BCUT2D eigenvalue weighted by Crippen LogP contribution is -2.23. The number of carboxylic acid groups (broad SMARTS) is 1. The summed E-state index contributed by atoms with van der Waals surface area (Å²) >= 11 is 4.76. The molecule has 6 nitrogen and oxygen atoms in total. The molecule has 1 heterocycles. The van der Waals surface area contributed by atoms with Crippen LogP contribution in [-0.2, 0) is 16.1 Å². The van der Waals surface area contributed by atoms with E-state index in [0.29, 0.717) is 23.5 Å². The maximum atomic E-state index is 10.7. The quantitative estimate of drug-likeness (QED) is 0.412. The number of aliphatic carboxylic acids is 1. The molecule has 0 atom stereocenters. The van der Waals surface area contributed by atoms with E-state index in [9.17, 15) is 4.79 Å². The van der Waals surface area contributed by atoms with E-state index in [4.69, 9.17) is 32.3 Å². The summed E-state index contributed by atoms with van der Waals surface area (Å²) in [6, 6.07) is 18.3. The van der Waals surface area contributed by atoms with Crippen LogP contribution in [0.25, 0.3) is 22.4 Å². The van der Waals surface area contributed by atoms with Gasteiger partial charge in [-0.05, 0) is 55.2 Å². The number of nitrogens with zero attached hydrogens (tertiary/aromatic N) is 2. The number of rotatable bonds is 9. The van der Waals surface area contributed by atoms with Crippen LogP contribution >= 0.6 is 12.6 Å². The zero-order valence-corrected chi connectivity index (χ0v) is 19.7. The SMILES string of the molecule is COc1cccc(-c2c(S)nn(C[C@H]3CC[C@@H](COCC(=O)O)CC3)c2-c2ccccc2)c1. The third-order valence-corrected chi connectivity index (χ3v) is 6.63. The highest BCUT2D eigenvalue weighted by molar-refractivity contribution is 7.80. The molecule has 0 amide bonds. The van der Waals surface area contributed by atoms with Crippen molar-refractivity contribution in [2.45, 2.75) is 37.3 Å². The Labute approximate surface area is 199 Å². The molecule has 2 aromatic carbocycles. The molecule has 0 unspecified atom stereocenters. The van der Waals surface area contributed by atoms with Gasteiger partial charge < -0.3 is 14.6 Å². The zero-order chi connectivity index (χ0) is 23.2. The lowest BCUT2D eigenvalue weighted by Gasteiger charge is -2.28. The first-order valence-electron chi connectivity index (χ1n) is 11.3. The third kappa shape index (κ3) is 5.78. The van der Waals surface area contributed by atoms with Crippen LogP contribution in [0.3, 0.4) is 0 Å². The Morgan fingerprint density at radius 1 is 1.06 bits per heavy atom. The maximum absolute atomic E-state index is 10.7. The van der Waals surface area contributed by atoms with Gasteiger partial charge in [0.25, 0.3) is 0 Å². The molecule has 4 rings (SSSR count). The number of carbonyl (C=O) groups is 1. The van der Waals surface area contributed by atoms with Crippen molar-refractivity contribution < 1.29 is 19.4 Å². The van der Waals surface area contributed by atoms with Crippen molar-refractivity contribution in [3.63, 3.8) is 0 Å². The van der Waals surface area contributed by atoms with Crippen molar-refractivity contribution in [1.29, 1.82) is 0 Å². The van der Waals surface area contributed by atoms with Crippen LogP contribution < -0.4 is 4.74 Å². The van der Waals surface area contributed by atoms with Gasteiger partial charge in [0.15, 0.2) is 0 Å². The number of thiol groups is 1. The van der Waals surface area contributed by atoms with Crippen molar-refractivity contribution in [3.05, 3.63) is 54.6 Å². The maximum Gasteiger partial charge on any atom is 0.329 e. The van der Waals surface area contributed by atoms with Gasteiger partial charge in [0.2, 0.25) is 0 Å². The molecule has 1 aliphatic carbocycles. The second-order valence-corrected chi connectivity index (χ2v) is 9.05. The minimum atomic E-state index is -0.912. The molecule has 0 spiro atoms. The van der Waals surface area contributed by atoms with Crippen LogP contribution in [0.4, 0.5) is 0 Å². The van der Waals surface area contributed by atoms with Crippen LogP contribution in [0.2, 0.25) is 0 Å². The van der Waals surface area contributed by atoms with Gasteiger partial charge in [-0.15, -0.1) is 12.6 Å². The van der Waals surface area contributed by atoms with E-state index in [-0.39, 0.29) is 6.61 Å². The summed E-state index contributed by atoms with van der Waals surface area (Å²) in [6.07, 6.45) is 4.24. The minimum Gasteiger partial charge on any atom is -0.497 e. The van der Waals surface area contributed by atoms with Gasteiger partial charge in [0, 0.05) is 17.7 Å². The van der Waals surface area contributed by atoms with E-state index in [1.165, 1.54) is 0 Å². The number of benzene rings is 2. The van der Waals surface area contributed by atoms with Crippen molar-refractivity contribution in [1.82, 2.24) is 9.78 Å². The zero-order valence-electron chi connectivity index (χ0n) is 18.8. The summed E-state index contributed by atoms with van der Waals surface area (Å²) in [5.41, 5.74) is 4.22. The molecular weight excluding hydrogens is 436 g/mol.